The Bertz CT molecular complexity index is 415. The lowest BCUT2D eigenvalue weighted by molar-refractivity contribution is -0.119. The molecule has 0 aromatic heterocycles. The van der Waals surface area contributed by atoms with Gasteiger partial charge in [-0.3, -0.25) is 4.79 Å². The predicted octanol–water partition coefficient (Wildman–Crippen LogP) is 0.931. The number of nitrogens with two attached hydrogens (primary N) is 1. The number of nitrogens with zero attached hydrogens (tertiary/aromatic N) is 1. The largest absolute Gasteiger partial charge is 0.493 e. The highest BCUT2D eigenvalue weighted by molar-refractivity contribution is 5.96. The molecule has 16 heavy (non-hydrogen) atoms. The number of hydrogen-bond acceptors (Lipinski definition) is 3. The van der Waals surface area contributed by atoms with E-state index >= 15 is 0 Å². The van der Waals surface area contributed by atoms with Crippen molar-refractivity contribution in [3.63, 3.8) is 0 Å². The Morgan fingerprint density at radius 1 is 1.56 bits per heavy atom. The van der Waals surface area contributed by atoms with Crippen LogP contribution in [-0.4, -0.2) is 25.6 Å². The van der Waals surface area contributed by atoms with Gasteiger partial charge in [0.1, 0.15) is 5.75 Å². The maximum Gasteiger partial charge on any atom is 0.243 e. The highest BCUT2D eigenvalue weighted by Gasteiger charge is 2.18. The van der Waals surface area contributed by atoms with Gasteiger partial charge >= 0.3 is 0 Å². The van der Waals surface area contributed by atoms with Crippen molar-refractivity contribution in [2.45, 2.75) is 19.4 Å². The van der Waals surface area contributed by atoms with Gasteiger partial charge in [0.25, 0.3) is 0 Å². The van der Waals surface area contributed by atoms with Crippen molar-refractivity contribution in [2.24, 2.45) is 5.73 Å². The zero-order valence-electron chi connectivity index (χ0n) is 9.56. The number of fused-ring (bicyclic) bond motifs is 1. The van der Waals surface area contributed by atoms with Gasteiger partial charge in [-0.25, -0.2) is 0 Å². The van der Waals surface area contributed by atoms with Crippen molar-refractivity contribution in [2.75, 3.05) is 18.6 Å². The predicted molar refractivity (Wildman–Crippen MR) is 62.7 cm³/mol. The Kier molecular flexibility index (Phi) is 2.83. The second-order valence-electron chi connectivity index (χ2n) is 4.08. The third kappa shape index (κ3) is 1.88. The molecule has 2 N–H and O–H groups in total. The Balaban J connectivity index is 2.24. The zero-order valence-corrected chi connectivity index (χ0v) is 9.56. The summed E-state index contributed by atoms with van der Waals surface area (Å²) in [4.78, 5) is 13.3. The Morgan fingerprint density at radius 3 is 3.00 bits per heavy atom. The van der Waals surface area contributed by atoms with E-state index in [1.807, 2.05) is 18.2 Å². The van der Waals surface area contributed by atoms with Crippen LogP contribution in [0.4, 0.5) is 5.69 Å². The first-order chi connectivity index (χ1) is 7.59. The molecule has 2 rings (SSSR count). The molecule has 0 saturated carbocycles. The van der Waals surface area contributed by atoms with Crippen molar-refractivity contribution < 1.29 is 9.53 Å². The molecule has 0 bridgehead atoms. The summed E-state index contributed by atoms with van der Waals surface area (Å²) in [5, 5.41) is 0. The van der Waals surface area contributed by atoms with E-state index in [4.69, 9.17) is 10.5 Å². The van der Waals surface area contributed by atoms with Gasteiger partial charge in [-0.2, -0.15) is 0 Å². The van der Waals surface area contributed by atoms with Crippen LogP contribution in [-0.2, 0) is 11.2 Å². The van der Waals surface area contributed by atoms with Crippen LogP contribution >= 0.6 is 0 Å². The number of anilines is 1. The van der Waals surface area contributed by atoms with Gasteiger partial charge in [-0.15, -0.1) is 0 Å². The summed E-state index contributed by atoms with van der Waals surface area (Å²) in [5.74, 6) is 0.837. The molecule has 1 aliphatic heterocycles. The van der Waals surface area contributed by atoms with Gasteiger partial charge in [0, 0.05) is 19.2 Å². The summed E-state index contributed by atoms with van der Waals surface area (Å²) in [6.45, 7) is 2.42. The first-order valence-electron chi connectivity index (χ1n) is 5.38. The summed E-state index contributed by atoms with van der Waals surface area (Å²) < 4.78 is 5.41. The average molecular weight is 220 g/mol. The van der Waals surface area contributed by atoms with Crippen LogP contribution in [0.2, 0.25) is 0 Å². The lowest BCUT2D eigenvalue weighted by Crippen LogP contribution is -2.39. The molecule has 1 aliphatic rings. The van der Waals surface area contributed by atoms with Gasteiger partial charge in [0.2, 0.25) is 5.91 Å². The van der Waals surface area contributed by atoms with Crippen LogP contribution in [0, 0.1) is 0 Å². The lowest BCUT2D eigenvalue weighted by atomic mass is 10.1. The molecule has 0 saturated heterocycles. The molecular weight excluding hydrogens is 204 g/mol. The third-order valence-corrected chi connectivity index (χ3v) is 2.78. The van der Waals surface area contributed by atoms with E-state index in [1.165, 1.54) is 0 Å². The summed E-state index contributed by atoms with van der Waals surface area (Å²) in [5.41, 5.74) is 7.59. The summed E-state index contributed by atoms with van der Waals surface area (Å²) >= 11 is 0. The quantitative estimate of drug-likeness (QED) is 0.806. The van der Waals surface area contributed by atoms with Crippen molar-refractivity contribution in [3.05, 3.63) is 23.8 Å². The van der Waals surface area contributed by atoms with E-state index in [0.29, 0.717) is 0 Å². The monoisotopic (exact) mass is 220 g/mol. The van der Waals surface area contributed by atoms with Crippen LogP contribution in [0.1, 0.15) is 12.5 Å². The molecule has 1 amide bonds. The van der Waals surface area contributed by atoms with Gasteiger partial charge < -0.3 is 15.4 Å². The Morgan fingerprint density at radius 2 is 2.31 bits per heavy atom. The first-order valence-corrected chi connectivity index (χ1v) is 5.38. The molecule has 4 heteroatoms. The van der Waals surface area contributed by atoms with E-state index in [9.17, 15) is 4.79 Å². The fraction of sp³-hybridized carbons (Fsp3) is 0.417. The van der Waals surface area contributed by atoms with Crippen LogP contribution < -0.4 is 15.4 Å². The lowest BCUT2D eigenvalue weighted by Gasteiger charge is -2.19. The SMILES string of the molecule is CC(N)C(=O)N(C)c1ccc2c(c1)CCO2. The minimum Gasteiger partial charge on any atom is -0.493 e. The number of likely N-dealkylation sites (N-methyl/N-ethyl adjacent to an activating group) is 1. The van der Waals surface area contributed by atoms with E-state index < -0.39 is 6.04 Å². The number of ether oxygens (including phenoxy) is 1. The Labute approximate surface area is 95.0 Å². The summed E-state index contributed by atoms with van der Waals surface area (Å²) in [6.07, 6.45) is 0.906. The molecular formula is C12H16N2O2. The van der Waals surface area contributed by atoms with Gasteiger partial charge in [0.15, 0.2) is 0 Å². The minimum absolute atomic E-state index is 0.0844. The minimum atomic E-state index is -0.477. The van der Waals surface area contributed by atoms with E-state index in [-0.39, 0.29) is 5.91 Å². The molecule has 0 spiro atoms. The third-order valence-electron chi connectivity index (χ3n) is 2.78. The number of carbonyl (C=O) groups excluding carboxylic acids is 1. The van der Waals surface area contributed by atoms with E-state index in [1.54, 1.807) is 18.9 Å². The molecule has 86 valence electrons. The molecule has 0 radical (unpaired) electrons. The van der Waals surface area contributed by atoms with Crippen LogP contribution in [0.15, 0.2) is 18.2 Å². The maximum atomic E-state index is 11.7. The maximum absolute atomic E-state index is 11.7. The molecule has 1 aromatic carbocycles. The van der Waals surface area contributed by atoms with Gasteiger partial charge in [-0.1, -0.05) is 0 Å². The standard InChI is InChI=1S/C12H16N2O2/c1-8(13)12(15)14(2)10-3-4-11-9(7-10)5-6-16-11/h3-4,7-8H,5-6,13H2,1-2H3. The normalized spacial score (nSPS) is 15.2. The topological polar surface area (TPSA) is 55.6 Å². The second-order valence-corrected chi connectivity index (χ2v) is 4.08. The van der Waals surface area contributed by atoms with Gasteiger partial charge in [-0.05, 0) is 30.7 Å². The van der Waals surface area contributed by atoms with Crippen LogP contribution in [0.25, 0.3) is 0 Å². The number of carbonyl (C=O) groups is 1. The summed E-state index contributed by atoms with van der Waals surface area (Å²) in [7, 11) is 1.74. The van der Waals surface area contributed by atoms with E-state index in [0.717, 1.165) is 30.0 Å². The van der Waals surface area contributed by atoms with Crippen molar-refractivity contribution >= 4 is 11.6 Å². The fourth-order valence-corrected chi connectivity index (χ4v) is 1.81. The molecule has 0 fully saturated rings. The number of hydrogen-bond donors (Lipinski definition) is 1. The van der Waals surface area contributed by atoms with Crippen molar-refractivity contribution in [3.8, 4) is 5.75 Å². The number of benzene rings is 1. The molecule has 1 aromatic rings. The molecule has 1 atom stereocenters. The zero-order chi connectivity index (χ0) is 11.7. The molecule has 0 aliphatic carbocycles. The fourth-order valence-electron chi connectivity index (χ4n) is 1.81. The molecule has 1 unspecified atom stereocenters. The smallest absolute Gasteiger partial charge is 0.243 e. The first kappa shape index (κ1) is 11.0. The highest BCUT2D eigenvalue weighted by Crippen LogP contribution is 2.29. The van der Waals surface area contributed by atoms with Crippen molar-refractivity contribution in [1.29, 1.82) is 0 Å². The number of rotatable bonds is 2. The average Bonchev–Trinajstić information content (AvgIpc) is 2.73. The van der Waals surface area contributed by atoms with Gasteiger partial charge in [0.05, 0.1) is 12.6 Å². The molecule has 1 heterocycles. The highest BCUT2D eigenvalue weighted by atomic mass is 16.5. The van der Waals surface area contributed by atoms with E-state index in [2.05, 4.69) is 0 Å². The second kappa shape index (κ2) is 4.14. The summed E-state index contributed by atoms with van der Waals surface area (Å²) in [6, 6.07) is 5.30. The van der Waals surface area contributed by atoms with Crippen LogP contribution in [0.5, 0.6) is 5.75 Å². The van der Waals surface area contributed by atoms with Crippen molar-refractivity contribution in [1.82, 2.24) is 0 Å². The Hall–Kier alpha value is -1.55. The number of amides is 1. The van der Waals surface area contributed by atoms with Crippen LogP contribution in [0.3, 0.4) is 0 Å². The molecule has 4 nitrogen and oxygen atoms in total.